The summed E-state index contributed by atoms with van der Waals surface area (Å²) in [7, 11) is 0. The highest BCUT2D eigenvalue weighted by molar-refractivity contribution is 6.30. The Morgan fingerprint density at radius 3 is 2.30 bits per heavy atom. The van der Waals surface area contributed by atoms with Gasteiger partial charge < -0.3 is 10.4 Å². The van der Waals surface area contributed by atoms with Crippen molar-refractivity contribution in [2.75, 3.05) is 0 Å². The van der Waals surface area contributed by atoms with E-state index in [2.05, 4.69) is 15.3 Å². The van der Waals surface area contributed by atoms with E-state index in [0.717, 1.165) is 5.56 Å². The molecule has 0 radical (unpaired) electrons. The van der Waals surface area contributed by atoms with Crippen LogP contribution in [-0.4, -0.2) is 27.0 Å². The number of carbonyl (C=O) groups is 2. The Morgan fingerprint density at radius 2 is 1.70 bits per heavy atom. The second-order valence-electron chi connectivity index (χ2n) is 3.87. The molecular weight excluding hydrogens is 282 g/mol. The van der Waals surface area contributed by atoms with Gasteiger partial charge in [-0.15, -0.1) is 0 Å². The lowest BCUT2D eigenvalue weighted by atomic mass is 10.2. The Hall–Kier alpha value is -2.47. The molecule has 20 heavy (non-hydrogen) atoms. The van der Waals surface area contributed by atoms with Gasteiger partial charge >= 0.3 is 5.97 Å². The van der Waals surface area contributed by atoms with Gasteiger partial charge in [0.25, 0.3) is 5.91 Å². The summed E-state index contributed by atoms with van der Waals surface area (Å²) in [6.07, 6.45) is 2.49. The SMILES string of the molecule is O=C(O)c1nccnc1C(=O)NCc1ccc(Cl)cc1. The number of aromatic carboxylic acids is 1. The van der Waals surface area contributed by atoms with E-state index in [4.69, 9.17) is 16.7 Å². The topological polar surface area (TPSA) is 92.2 Å². The average Bonchev–Trinajstić information content (AvgIpc) is 2.46. The van der Waals surface area contributed by atoms with Crippen molar-refractivity contribution < 1.29 is 14.7 Å². The first-order valence-electron chi connectivity index (χ1n) is 5.65. The van der Waals surface area contributed by atoms with Crippen LogP contribution >= 0.6 is 11.6 Å². The molecule has 0 atom stereocenters. The first-order chi connectivity index (χ1) is 9.58. The number of benzene rings is 1. The van der Waals surface area contributed by atoms with Crippen LogP contribution in [0.4, 0.5) is 0 Å². The van der Waals surface area contributed by atoms with Crippen molar-refractivity contribution >= 4 is 23.5 Å². The zero-order chi connectivity index (χ0) is 14.5. The van der Waals surface area contributed by atoms with E-state index in [1.807, 2.05) is 0 Å². The number of rotatable bonds is 4. The lowest BCUT2D eigenvalue weighted by molar-refractivity contribution is 0.0683. The van der Waals surface area contributed by atoms with Crippen LogP contribution in [0.3, 0.4) is 0 Å². The molecule has 2 rings (SSSR count). The Morgan fingerprint density at radius 1 is 1.10 bits per heavy atom. The maximum absolute atomic E-state index is 11.9. The monoisotopic (exact) mass is 291 g/mol. The first-order valence-corrected chi connectivity index (χ1v) is 6.02. The fourth-order valence-corrected chi connectivity index (χ4v) is 1.66. The quantitative estimate of drug-likeness (QED) is 0.895. The van der Waals surface area contributed by atoms with E-state index in [1.165, 1.54) is 12.4 Å². The summed E-state index contributed by atoms with van der Waals surface area (Å²) in [6, 6.07) is 6.93. The van der Waals surface area contributed by atoms with E-state index in [9.17, 15) is 9.59 Å². The number of hydrogen-bond acceptors (Lipinski definition) is 4. The van der Waals surface area contributed by atoms with E-state index in [1.54, 1.807) is 24.3 Å². The molecule has 102 valence electrons. The van der Waals surface area contributed by atoms with Crippen molar-refractivity contribution in [3.63, 3.8) is 0 Å². The molecule has 7 heteroatoms. The smallest absolute Gasteiger partial charge is 0.356 e. The fraction of sp³-hybridized carbons (Fsp3) is 0.0769. The Balaban J connectivity index is 2.09. The normalized spacial score (nSPS) is 10.1. The molecule has 1 aromatic heterocycles. The second-order valence-corrected chi connectivity index (χ2v) is 4.30. The number of carbonyl (C=O) groups excluding carboxylic acids is 1. The van der Waals surface area contributed by atoms with Gasteiger partial charge in [0, 0.05) is 24.0 Å². The number of carboxylic acid groups (broad SMARTS) is 1. The molecule has 0 fully saturated rings. The molecule has 0 bridgehead atoms. The lowest BCUT2D eigenvalue weighted by Gasteiger charge is -2.06. The van der Waals surface area contributed by atoms with E-state index in [0.29, 0.717) is 5.02 Å². The number of carboxylic acids is 1. The Labute approximate surface area is 119 Å². The average molecular weight is 292 g/mol. The molecule has 0 spiro atoms. The van der Waals surface area contributed by atoms with Crippen LogP contribution in [0.1, 0.15) is 26.5 Å². The second kappa shape index (κ2) is 6.12. The fourth-order valence-electron chi connectivity index (χ4n) is 1.53. The van der Waals surface area contributed by atoms with Gasteiger partial charge in [-0.05, 0) is 17.7 Å². The molecule has 0 unspecified atom stereocenters. The first kappa shape index (κ1) is 14.0. The largest absolute Gasteiger partial charge is 0.476 e. The summed E-state index contributed by atoms with van der Waals surface area (Å²) in [4.78, 5) is 30.2. The molecule has 2 aromatic rings. The highest BCUT2D eigenvalue weighted by atomic mass is 35.5. The van der Waals surface area contributed by atoms with Gasteiger partial charge in [0.05, 0.1) is 0 Å². The molecule has 0 aliphatic carbocycles. The van der Waals surface area contributed by atoms with E-state index < -0.39 is 11.9 Å². The van der Waals surface area contributed by atoms with Crippen LogP contribution in [0, 0.1) is 0 Å². The molecule has 1 amide bonds. The van der Waals surface area contributed by atoms with Gasteiger partial charge in [0.15, 0.2) is 11.4 Å². The van der Waals surface area contributed by atoms with Crippen LogP contribution < -0.4 is 5.32 Å². The minimum absolute atomic E-state index is 0.214. The zero-order valence-corrected chi connectivity index (χ0v) is 11.0. The van der Waals surface area contributed by atoms with Gasteiger partial charge in [-0.1, -0.05) is 23.7 Å². The molecule has 6 nitrogen and oxygen atoms in total. The lowest BCUT2D eigenvalue weighted by Crippen LogP contribution is -2.26. The standard InChI is InChI=1S/C13H10ClN3O3/c14-9-3-1-8(2-4-9)7-17-12(18)10-11(13(19)20)16-6-5-15-10/h1-6H,7H2,(H,17,18)(H,19,20). The number of halogens is 1. The van der Waals surface area contributed by atoms with Crippen LogP contribution in [0.25, 0.3) is 0 Å². The van der Waals surface area contributed by atoms with Crippen LogP contribution in [0.5, 0.6) is 0 Å². The number of nitrogens with one attached hydrogen (secondary N) is 1. The third-order valence-corrected chi connectivity index (χ3v) is 2.73. The predicted molar refractivity (Wildman–Crippen MR) is 71.6 cm³/mol. The van der Waals surface area contributed by atoms with Crippen LogP contribution in [-0.2, 0) is 6.54 Å². The van der Waals surface area contributed by atoms with E-state index >= 15 is 0 Å². The summed E-state index contributed by atoms with van der Waals surface area (Å²) in [5, 5.41) is 12.1. The molecule has 0 aliphatic heterocycles. The maximum Gasteiger partial charge on any atom is 0.356 e. The van der Waals surface area contributed by atoms with Crippen molar-refractivity contribution in [3.8, 4) is 0 Å². The molecular formula is C13H10ClN3O3. The predicted octanol–water partition coefficient (Wildman–Crippen LogP) is 1.76. The summed E-state index contributed by atoms with van der Waals surface area (Å²) in [6.45, 7) is 0.242. The summed E-state index contributed by atoms with van der Waals surface area (Å²) >= 11 is 5.76. The minimum Gasteiger partial charge on any atom is -0.476 e. The molecule has 1 aromatic carbocycles. The molecule has 0 saturated heterocycles. The van der Waals surface area contributed by atoms with Gasteiger partial charge in [0.2, 0.25) is 0 Å². The Bertz CT molecular complexity index is 644. The number of amides is 1. The molecule has 0 aliphatic rings. The van der Waals surface area contributed by atoms with Crippen molar-refractivity contribution in [3.05, 3.63) is 58.6 Å². The maximum atomic E-state index is 11.9. The van der Waals surface area contributed by atoms with Gasteiger partial charge in [0.1, 0.15) is 0 Å². The van der Waals surface area contributed by atoms with Gasteiger partial charge in [-0.25, -0.2) is 14.8 Å². The summed E-state index contributed by atoms with van der Waals surface area (Å²) < 4.78 is 0. The zero-order valence-electron chi connectivity index (χ0n) is 10.2. The van der Waals surface area contributed by atoms with Crippen molar-refractivity contribution in [2.45, 2.75) is 6.54 Å². The van der Waals surface area contributed by atoms with Crippen molar-refractivity contribution in [2.24, 2.45) is 0 Å². The van der Waals surface area contributed by atoms with Gasteiger partial charge in [-0.3, -0.25) is 4.79 Å². The molecule has 1 heterocycles. The van der Waals surface area contributed by atoms with Gasteiger partial charge in [-0.2, -0.15) is 0 Å². The number of hydrogen-bond donors (Lipinski definition) is 2. The Kier molecular flexibility index (Phi) is 4.27. The minimum atomic E-state index is -1.30. The third kappa shape index (κ3) is 3.30. The highest BCUT2D eigenvalue weighted by Gasteiger charge is 2.18. The number of aromatic nitrogens is 2. The molecule has 2 N–H and O–H groups in total. The number of nitrogens with zero attached hydrogens (tertiary/aromatic N) is 2. The van der Waals surface area contributed by atoms with E-state index in [-0.39, 0.29) is 17.9 Å². The van der Waals surface area contributed by atoms with Crippen LogP contribution in [0.15, 0.2) is 36.7 Å². The third-order valence-electron chi connectivity index (χ3n) is 2.48. The molecule has 0 saturated carbocycles. The van der Waals surface area contributed by atoms with Crippen molar-refractivity contribution in [1.29, 1.82) is 0 Å². The van der Waals surface area contributed by atoms with Crippen LogP contribution in [0.2, 0.25) is 5.02 Å². The highest BCUT2D eigenvalue weighted by Crippen LogP contribution is 2.09. The summed E-state index contributed by atoms with van der Waals surface area (Å²) in [5.74, 6) is -1.89. The summed E-state index contributed by atoms with van der Waals surface area (Å²) in [5.41, 5.74) is 0.249. The van der Waals surface area contributed by atoms with Crippen molar-refractivity contribution in [1.82, 2.24) is 15.3 Å².